The number of aryl methyl sites for hydroxylation is 1. The lowest BCUT2D eigenvalue weighted by molar-refractivity contribution is 0.102. The van der Waals surface area contributed by atoms with Crippen molar-refractivity contribution >= 4 is 34.5 Å². The molecule has 0 aliphatic carbocycles. The lowest BCUT2D eigenvalue weighted by Crippen LogP contribution is -2.11. The minimum absolute atomic E-state index is 0.202. The van der Waals surface area contributed by atoms with Gasteiger partial charge in [-0.2, -0.15) is 0 Å². The number of amides is 1. The van der Waals surface area contributed by atoms with Gasteiger partial charge in [-0.05, 0) is 49.4 Å². The Morgan fingerprint density at radius 3 is 2.75 bits per heavy atom. The number of thiazole rings is 1. The van der Waals surface area contributed by atoms with Crippen LogP contribution in [0.25, 0.3) is 0 Å². The van der Waals surface area contributed by atoms with Gasteiger partial charge in [0.15, 0.2) is 0 Å². The molecule has 122 valence electrons. The quantitative estimate of drug-likeness (QED) is 0.703. The Morgan fingerprint density at radius 2 is 2.04 bits per heavy atom. The van der Waals surface area contributed by atoms with E-state index in [1.165, 1.54) is 0 Å². The summed E-state index contributed by atoms with van der Waals surface area (Å²) < 4.78 is 5.71. The number of halogens is 1. The number of carbonyl (C=O) groups is 1. The molecule has 3 rings (SSSR count). The van der Waals surface area contributed by atoms with E-state index in [0.29, 0.717) is 28.6 Å². The number of carbonyl (C=O) groups excluding carboxylic acids is 1. The zero-order chi connectivity index (χ0) is 16.9. The van der Waals surface area contributed by atoms with Crippen molar-refractivity contribution < 1.29 is 9.53 Å². The Kier molecular flexibility index (Phi) is 5.13. The Labute approximate surface area is 149 Å². The number of hydrogen-bond acceptors (Lipinski definition) is 4. The standard InChI is InChI=1S/C18H15ClN2O2S/c1-12-20-16(11-24-12)10-23-17-4-2-3-13(9-17)18(22)21-15-7-5-14(19)6-8-15/h2-9,11H,10H2,1H3,(H,21,22). The molecule has 4 nitrogen and oxygen atoms in total. The minimum atomic E-state index is -0.202. The first-order chi connectivity index (χ1) is 11.6. The molecular weight excluding hydrogens is 344 g/mol. The van der Waals surface area contributed by atoms with Crippen LogP contribution in [0.2, 0.25) is 5.02 Å². The number of nitrogens with one attached hydrogen (secondary N) is 1. The Hall–Kier alpha value is -2.37. The Bertz CT molecular complexity index is 846. The molecule has 0 saturated carbocycles. The molecule has 0 atom stereocenters. The van der Waals surface area contributed by atoms with E-state index in [9.17, 15) is 4.79 Å². The molecule has 0 saturated heterocycles. The number of nitrogens with zero attached hydrogens (tertiary/aromatic N) is 1. The third-order valence-corrected chi connectivity index (χ3v) is 4.33. The molecule has 2 aromatic carbocycles. The lowest BCUT2D eigenvalue weighted by Gasteiger charge is -2.08. The SMILES string of the molecule is Cc1nc(COc2cccc(C(=O)Nc3ccc(Cl)cc3)c2)cs1. The van der Waals surface area contributed by atoms with Gasteiger partial charge < -0.3 is 10.1 Å². The van der Waals surface area contributed by atoms with Gasteiger partial charge in [0.1, 0.15) is 12.4 Å². The smallest absolute Gasteiger partial charge is 0.255 e. The number of anilines is 1. The van der Waals surface area contributed by atoms with E-state index in [0.717, 1.165) is 10.7 Å². The van der Waals surface area contributed by atoms with Gasteiger partial charge in [-0.15, -0.1) is 11.3 Å². The van der Waals surface area contributed by atoms with E-state index in [-0.39, 0.29) is 5.91 Å². The second-order valence-corrected chi connectivity index (χ2v) is 6.63. The molecule has 1 amide bonds. The van der Waals surface area contributed by atoms with Crippen molar-refractivity contribution in [1.82, 2.24) is 4.98 Å². The summed E-state index contributed by atoms with van der Waals surface area (Å²) in [4.78, 5) is 16.7. The van der Waals surface area contributed by atoms with E-state index >= 15 is 0 Å². The molecule has 6 heteroatoms. The summed E-state index contributed by atoms with van der Waals surface area (Å²) in [6, 6.07) is 14.0. The van der Waals surface area contributed by atoms with Gasteiger partial charge >= 0.3 is 0 Å². The number of rotatable bonds is 5. The fourth-order valence-corrected chi connectivity index (χ4v) is 2.82. The zero-order valence-corrected chi connectivity index (χ0v) is 14.5. The monoisotopic (exact) mass is 358 g/mol. The van der Waals surface area contributed by atoms with E-state index < -0.39 is 0 Å². The highest BCUT2D eigenvalue weighted by molar-refractivity contribution is 7.09. The van der Waals surface area contributed by atoms with Gasteiger partial charge in [0, 0.05) is 21.7 Å². The van der Waals surface area contributed by atoms with Crippen molar-refractivity contribution in [3.05, 3.63) is 75.2 Å². The second kappa shape index (κ2) is 7.47. The largest absolute Gasteiger partial charge is 0.487 e. The molecule has 0 aliphatic rings. The van der Waals surface area contributed by atoms with Crippen LogP contribution in [0.1, 0.15) is 21.1 Å². The molecule has 0 radical (unpaired) electrons. The van der Waals surface area contributed by atoms with Gasteiger partial charge in [-0.1, -0.05) is 17.7 Å². The summed E-state index contributed by atoms with van der Waals surface area (Å²) in [6.45, 7) is 2.34. The molecule has 0 bridgehead atoms. The molecule has 0 unspecified atom stereocenters. The summed E-state index contributed by atoms with van der Waals surface area (Å²) in [5.41, 5.74) is 2.10. The van der Waals surface area contributed by atoms with E-state index in [1.54, 1.807) is 53.8 Å². The first-order valence-electron chi connectivity index (χ1n) is 7.31. The van der Waals surface area contributed by atoms with Crippen molar-refractivity contribution in [3.63, 3.8) is 0 Å². The van der Waals surface area contributed by atoms with Gasteiger partial charge in [-0.3, -0.25) is 4.79 Å². The maximum Gasteiger partial charge on any atom is 0.255 e. The van der Waals surface area contributed by atoms with Crippen LogP contribution in [-0.2, 0) is 6.61 Å². The van der Waals surface area contributed by atoms with Crippen LogP contribution in [0.5, 0.6) is 5.75 Å². The van der Waals surface area contributed by atoms with Crippen LogP contribution in [0.4, 0.5) is 5.69 Å². The van der Waals surface area contributed by atoms with Crippen LogP contribution in [0.3, 0.4) is 0 Å². The van der Waals surface area contributed by atoms with E-state index in [1.807, 2.05) is 18.4 Å². The van der Waals surface area contributed by atoms with Gasteiger partial charge in [0.2, 0.25) is 0 Å². The van der Waals surface area contributed by atoms with E-state index in [4.69, 9.17) is 16.3 Å². The van der Waals surface area contributed by atoms with Crippen molar-refractivity contribution in [2.24, 2.45) is 0 Å². The predicted molar refractivity (Wildman–Crippen MR) is 97.0 cm³/mol. The Morgan fingerprint density at radius 1 is 1.25 bits per heavy atom. The average Bonchev–Trinajstić information content (AvgIpc) is 3.01. The fraction of sp³-hybridized carbons (Fsp3) is 0.111. The maximum atomic E-state index is 12.3. The summed E-state index contributed by atoms with van der Waals surface area (Å²) in [5.74, 6) is 0.427. The maximum absolute atomic E-state index is 12.3. The highest BCUT2D eigenvalue weighted by atomic mass is 35.5. The van der Waals surface area contributed by atoms with Crippen LogP contribution < -0.4 is 10.1 Å². The summed E-state index contributed by atoms with van der Waals surface area (Å²) in [5, 5.41) is 6.42. The van der Waals surface area contributed by atoms with Crippen LogP contribution in [0, 0.1) is 6.92 Å². The summed E-state index contributed by atoms with van der Waals surface area (Å²) in [7, 11) is 0. The number of benzene rings is 2. The van der Waals surface area contributed by atoms with Gasteiger partial charge in [-0.25, -0.2) is 4.98 Å². The van der Waals surface area contributed by atoms with Crippen molar-refractivity contribution in [3.8, 4) is 5.75 Å². The topological polar surface area (TPSA) is 51.2 Å². The Balaban J connectivity index is 1.65. The third kappa shape index (κ3) is 4.34. The van der Waals surface area contributed by atoms with E-state index in [2.05, 4.69) is 10.3 Å². The highest BCUT2D eigenvalue weighted by Gasteiger charge is 2.08. The molecule has 24 heavy (non-hydrogen) atoms. The fourth-order valence-electron chi connectivity index (χ4n) is 2.10. The molecule has 1 heterocycles. The highest BCUT2D eigenvalue weighted by Crippen LogP contribution is 2.18. The first-order valence-corrected chi connectivity index (χ1v) is 8.57. The van der Waals surface area contributed by atoms with Crippen molar-refractivity contribution in [2.75, 3.05) is 5.32 Å². The van der Waals surface area contributed by atoms with Crippen LogP contribution in [0.15, 0.2) is 53.9 Å². The molecular formula is C18H15ClN2O2S. The van der Waals surface area contributed by atoms with Crippen molar-refractivity contribution in [2.45, 2.75) is 13.5 Å². The minimum Gasteiger partial charge on any atom is -0.487 e. The predicted octanol–water partition coefficient (Wildman–Crippen LogP) is 4.94. The van der Waals surface area contributed by atoms with Gasteiger partial charge in [0.05, 0.1) is 10.7 Å². The summed E-state index contributed by atoms with van der Waals surface area (Å²) in [6.07, 6.45) is 0. The van der Waals surface area contributed by atoms with Crippen molar-refractivity contribution in [1.29, 1.82) is 0 Å². The number of ether oxygens (including phenoxy) is 1. The summed E-state index contributed by atoms with van der Waals surface area (Å²) >= 11 is 7.42. The third-order valence-electron chi connectivity index (χ3n) is 3.25. The van der Waals surface area contributed by atoms with Gasteiger partial charge in [0.25, 0.3) is 5.91 Å². The number of hydrogen-bond donors (Lipinski definition) is 1. The normalized spacial score (nSPS) is 10.4. The molecule has 0 aliphatic heterocycles. The second-order valence-electron chi connectivity index (χ2n) is 5.14. The first kappa shape index (κ1) is 16.5. The molecule has 0 spiro atoms. The molecule has 1 aromatic heterocycles. The molecule has 0 fully saturated rings. The van der Waals surface area contributed by atoms with Crippen LogP contribution in [-0.4, -0.2) is 10.9 Å². The number of aromatic nitrogens is 1. The zero-order valence-electron chi connectivity index (χ0n) is 13.0. The lowest BCUT2D eigenvalue weighted by atomic mass is 10.2. The van der Waals surface area contributed by atoms with Crippen LogP contribution >= 0.6 is 22.9 Å². The molecule has 1 N–H and O–H groups in total. The average molecular weight is 359 g/mol. The molecule has 3 aromatic rings.